The molecule has 0 saturated heterocycles. The Kier molecular flexibility index (Phi) is 4.97. The Balaban J connectivity index is 2.21. The molecule has 0 heterocycles. The van der Waals surface area contributed by atoms with Crippen molar-refractivity contribution in [1.29, 1.82) is 0 Å². The molecule has 2 aromatic carbocycles. The zero-order chi connectivity index (χ0) is 14.7. The van der Waals surface area contributed by atoms with E-state index in [4.69, 9.17) is 17.3 Å². The highest BCUT2D eigenvalue weighted by molar-refractivity contribution is 7.84. The lowest BCUT2D eigenvalue weighted by atomic mass is 10.1. The maximum Gasteiger partial charge on any atom is 0.0574 e. The van der Waals surface area contributed by atoms with Gasteiger partial charge in [0.1, 0.15) is 0 Å². The fourth-order valence-electron chi connectivity index (χ4n) is 1.91. The van der Waals surface area contributed by atoms with Crippen molar-refractivity contribution in [3.8, 4) is 0 Å². The van der Waals surface area contributed by atoms with Crippen LogP contribution >= 0.6 is 11.6 Å². The summed E-state index contributed by atoms with van der Waals surface area (Å²) in [7, 11) is -1.09. The van der Waals surface area contributed by atoms with Crippen LogP contribution in [0.2, 0.25) is 5.02 Å². The molecule has 0 spiro atoms. The van der Waals surface area contributed by atoms with Crippen molar-refractivity contribution in [2.75, 3.05) is 0 Å². The van der Waals surface area contributed by atoms with Crippen LogP contribution in [0.5, 0.6) is 0 Å². The summed E-state index contributed by atoms with van der Waals surface area (Å²) in [6.07, 6.45) is 0. The van der Waals surface area contributed by atoms with Crippen molar-refractivity contribution >= 4 is 22.4 Å². The molecule has 20 heavy (non-hydrogen) atoms. The van der Waals surface area contributed by atoms with E-state index in [-0.39, 0.29) is 0 Å². The molecule has 0 fully saturated rings. The van der Waals surface area contributed by atoms with Gasteiger partial charge in [0, 0.05) is 16.5 Å². The second kappa shape index (κ2) is 6.53. The zero-order valence-corrected chi connectivity index (χ0v) is 13.2. The minimum absolute atomic E-state index is 0.423. The maximum absolute atomic E-state index is 12.4. The first-order chi connectivity index (χ1) is 9.51. The molecular weight excluding hydrogens is 290 g/mol. The van der Waals surface area contributed by atoms with Gasteiger partial charge < -0.3 is 5.73 Å². The average molecular weight is 308 g/mol. The Morgan fingerprint density at radius 1 is 1.10 bits per heavy atom. The summed E-state index contributed by atoms with van der Waals surface area (Å²) in [5, 5.41) is 0.630. The van der Waals surface area contributed by atoms with Gasteiger partial charge in [0.2, 0.25) is 0 Å². The normalized spacial score (nSPS) is 12.4. The lowest BCUT2D eigenvalue weighted by molar-refractivity contribution is 0.682. The van der Waals surface area contributed by atoms with Crippen LogP contribution in [0, 0.1) is 13.8 Å². The fourth-order valence-corrected chi connectivity index (χ4v) is 3.49. The molecule has 0 aliphatic heterocycles. The minimum Gasteiger partial charge on any atom is -0.326 e. The summed E-state index contributed by atoms with van der Waals surface area (Å²) in [5.41, 5.74) is 9.80. The SMILES string of the molecule is Cc1ccc(S(=O)Cc2ccc(CN)cc2Cl)cc1C. The van der Waals surface area contributed by atoms with Gasteiger partial charge >= 0.3 is 0 Å². The molecule has 106 valence electrons. The van der Waals surface area contributed by atoms with Crippen molar-refractivity contribution in [3.63, 3.8) is 0 Å². The highest BCUT2D eigenvalue weighted by Crippen LogP contribution is 2.22. The molecule has 2 nitrogen and oxygen atoms in total. The first-order valence-corrected chi connectivity index (χ1v) is 8.14. The quantitative estimate of drug-likeness (QED) is 0.935. The summed E-state index contributed by atoms with van der Waals surface area (Å²) in [6.45, 7) is 4.53. The average Bonchev–Trinajstić information content (AvgIpc) is 2.43. The third kappa shape index (κ3) is 3.48. The molecule has 0 aromatic heterocycles. The molecule has 2 rings (SSSR count). The summed E-state index contributed by atoms with van der Waals surface area (Å²) in [6, 6.07) is 11.6. The third-order valence-corrected chi connectivity index (χ3v) is 5.09. The predicted octanol–water partition coefficient (Wildman–Crippen LogP) is 3.72. The largest absolute Gasteiger partial charge is 0.326 e. The Morgan fingerprint density at radius 2 is 1.85 bits per heavy atom. The smallest absolute Gasteiger partial charge is 0.0574 e. The van der Waals surface area contributed by atoms with Crippen LogP contribution in [0.15, 0.2) is 41.3 Å². The molecule has 1 unspecified atom stereocenters. The Morgan fingerprint density at radius 3 is 2.45 bits per heavy atom. The van der Waals surface area contributed by atoms with Gasteiger partial charge in [-0.25, -0.2) is 0 Å². The summed E-state index contributed by atoms with van der Waals surface area (Å²) in [4.78, 5) is 0.840. The molecule has 0 radical (unpaired) electrons. The number of hydrogen-bond donors (Lipinski definition) is 1. The highest BCUT2D eigenvalue weighted by atomic mass is 35.5. The number of hydrogen-bond acceptors (Lipinski definition) is 2. The first kappa shape index (κ1) is 15.2. The van der Waals surface area contributed by atoms with Crippen molar-refractivity contribution in [2.24, 2.45) is 5.73 Å². The number of aryl methyl sites for hydroxylation is 2. The van der Waals surface area contributed by atoms with Crippen LogP contribution in [0.1, 0.15) is 22.3 Å². The predicted molar refractivity (Wildman–Crippen MR) is 85.4 cm³/mol. The van der Waals surface area contributed by atoms with Crippen molar-refractivity contribution < 1.29 is 4.21 Å². The number of nitrogens with two attached hydrogens (primary N) is 1. The molecular formula is C16H18ClNOS. The van der Waals surface area contributed by atoms with Gasteiger partial charge in [-0.3, -0.25) is 4.21 Å². The number of rotatable bonds is 4. The Hall–Kier alpha value is -1.16. The number of benzene rings is 2. The van der Waals surface area contributed by atoms with Crippen LogP contribution < -0.4 is 5.73 Å². The van der Waals surface area contributed by atoms with Gasteiger partial charge in [0.05, 0.1) is 16.6 Å². The van der Waals surface area contributed by atoms with Crippen LogP contribution in [-0.2, 0) is 23.1 Å². The standard InChI is InChI=1S/C16H18ClNOS/c1-11-3-6-15(7-12(11)2)20(19)10-14-5-4-13(9-18)8-16(14)17/h3-8H,9-10,18H2,1-2H3. The molecule has 0 saturated carbocycles. The molecule has 0 aliphatic carbocycles. The van der Waals surface area contributed by atoms with Crippen molar-refractivity contribution in [2.45, 2.75) is 31.0 Å². The van der Waals surface area contributed by atoms with E-state index in [1.807, 2.05) is 50.2 Å². The van der Waals surface area contributed by atoms with Gasteiger partial charge in [0.25, 0.3) is 0 Å². The maximum atomic E-state index is 12.4. The zero-order valence-electron chi connectivity index (χ0n) is 11.7. The molecule has 4 heteroatoms. The molecule has 0 amide bonds. The van der Waals surface area contributed by atoms with Crippen LogP contribution in [0.4, 0.5) is 0 Å². The highest BCUT2D eigenvalue weighted by Gasteiger charge is 2.09. The Labute approximate surface area is 127 Å². The fraction of sp³-hybridized carbons (Fsp3) is 0.250. The topological polar surface area (TPSA) is 43.1 Å². The number of halogens is 1. The van der Waals surface area contributed by atoms with E-state index in [1.54, 1.807) is 0 Å². The lowest BCUT2D eigenvalue weighted by Gasteiger charge is -2.08. The van der Waals surface area contributed by atoms with E-state index in [0.717, 1.165) is 21.6 Å². The van der Waals surface area contributed by atoms with E-state index in [9.17, 15) is 4.21 Å². The van der Waals surface area contributed by atoms with Gasteiger partial charge in [-0.1, -0.05) is 29.8 Å². The summed E-state index contributed by atoms with van der Waals surface area (Å²) >= 11 is 6.21. The van der Waals surface area contributed by atoms with Crippen molar-refractivity contribution in [3.05, 3.63) is 63.7 Å². The minimum atomic E-state index is -1.09. The summed E-state index contributed by atoms with van der Waals surface area (Å²) < 4.78 is 12.4. The second-order valence-electron chi connectivity index (χ2n) is 4.87. The van der Waals surface area contributed by atoms with E-state index >= 15 is 0 Å². The van der Waals surface area contributed by atoms with Crippen LogP contribution in [0.3, 0.4) is 0 Å². The third-order valence-electron chi connectivity index (χ3n) is 3.38. The van der Waals surface area contributed by atoms with Gasteiger partial charge in [-0.2, -0.15) is 0 Å². The van der Waals surface area contributed by atoms with E-state index in [0.29, 0.717) is 17.3 Å². The molecule has 2 aromatic rings. The van der Waals surface area contributed by atoms with Crippen LogP contribution in [0.25, 0.3) is 0 Å². The Bertz CT molecular complexity index is 655. The van der Waals surface area contributed by atoms with Gasteiger partial charge in [0.15, 0.2) is 0 Å². The van der Waals surface area contributed by atoms with Crippen molar-refractivity contribution in [1.82, 2.24) is 0 Å². The lowest BCUT2D eigenvalue weighted by Crippen LogP contribution is -2.00. The van der Waals surface area contributed by atoms with Gasteiger partial charge in [-0.15, -0.1) is 0 Å². The molecule has 0 aliphatic rings. The van der Waals surface area contributed by atoms with Crippen LogP contribution in [-0.4, -0.2) is 4.21 Å². The molecule has 1 atom stereocenters. The second-order valence-corrected chi connectivity index (χ2v) is 6.72. The van der Waals surface area contributed by atoms with E-state index < -0.39 is 10.8 Å². The van der Waals surface area contributed by atoms with E-state index in [1.165, 1.54) is 5.56 Å². The van der Waals surface area contributed by atoms with E-state index in [2.05, 4.69) is 0 Å². The summed E-state index contributed by atoms with van der Waals surface area (Å²) in [5.74, 6) is 0.423. The molecule has 0 bridgehead atoms. The van der Waals surface area contributed by atoms with Gasteiger partial charge in [-0.05, 0) is 54.3 Å². The molecule has 2 N–H and O–H groups in total. The first-order valence-electron chi connectivity index (χ1n) is 6.44. The monoisotopic (exact) mass is 307 g/mol.